The molecule has 0 atom stereocenters. The topological polar surface area (TPSA) is 24.1 Å². The third-order valence-electron chi connectivity index (χ3n) is 2.86. The first kappa shape index (κ1) is 10.0. The standard InChI is InChI=1S/C8H16N2.C2H6/c1-3-9-5-8-6-10-4-2-7(1)8;1-2/h7-10H,1-6H2;1-2H3. The molecule has 2 fully saturated rings. The van der Waals surface area contributed by atoms with Gasteiger partial charge in [0.2, 0.25) is 0 Å². The highest BCUT2D eigenvalue weighted by molar-refractivity contribution is 4.83. The first-order valence-corrected chi connectivity index (χ1v) is 5.38. The first-order valence-electron chi connectivity index (χ1n) is 5.38. The summed E-state index contributed by atoms with van der Waals surface area (Å²) < 4.78 is 0. The normalized spacial score (nSPS) is 34.5. The number of nitrogens with one attached hydrogen (secondary N) is 2. The maximum atomic E-state index is 3.44. The third-order valence-corrected chi connectivity index (χ3v) is 2.86. The molecule has 2 N–H and O–H groups in total. The summed E-state index contributed by atoms with van der Waals surface area (Å²) in [5.74, 6) is 1.96. The Morgan fingerprint density at radius 3 is 1.75 bits per heavy atom. The van der Waals surface area contributed by atoms with E-state index >= 15 is 0 Å². The van der Waals surface area contributed by atoms with Crippen LogP contribution in [0.25, 0.3) is 0 Å². The van der Waals surface area contributed by atoms with Crippen molar-refractivity contribution in [2.45, 2.75) is 26.7 Å². The number of piperidine rings is 2. The second-order valence-corrected chi connectivity index (χ2v) is 3.51. The zero-order valence-corrected chi connectivity index (χ0v) is 8.40. The molecule has 2 heteroatoms. The van der Waals surface area contributed by atoms with Crippen molar-refractivity contribution in [2.24, 2.45) is 11.8 Å². The van der Waals surface area contributed by atoms with Gasteiger partial charge in [0.25, 0.3) is 0 Å². The molecule has 0 aliphatic carbocycles. The van der Waals surface area contributed by atoms with Crippen molar-refractivity contribution < 1.29 is 0 Å². The van der Waals surface area contributed by atoms with Crippen molar-refractivity contribution in [2.75, 3.05) is 26.2 Å². The van der Waals surface area contributed by atoms with Crippen LogP contribution in [0.15, 0.2) is 0 Å². The van der Waals surface area contributed by atoms with Crippen LogP contribution >= 0.6 is 0 Å². The zero-order chi connectivity index (χ0) is 8.81. The molecule has 0 aromatic carbocycles. The average Bonchev–Trinajstić information content (AvgIpc) is 2.21. The van der Waals surface area contributed by atoms with Crippen LogP contribution in [0.5, 0.6) is 0 Å². The minimum Gasteiger partial charge on any atom is -0.316 e. The van der Waals surface area contributed by atoms with Crippen LogP contribution < -0.4 is 10.6 Å². The number of rotatable bonds is 0. The molecule has 0 radical (unpaired) electrons. The van der Waals surface area contributed by atoms with Crippen LogP contribution in [0.3, 0.4) is 0 Å². The fourth-order valence-corrected chi connectivity index (χ4v) is 2.17. The molecule has 2 heterocycles. The van der Waals surface area contributed by atoms with Crippen molar-refractivity contribution >= 4 is 0 Å². The van der Waals surface area contributed by atoms with Crippen LogP contribution in [-0.2, 0) is 0 Å². The molecule has 0 bridgehead atoms. The van der Waals surface area contributed by atoms with Crippen LogP contribution in [0, 0.1) is 11.8 Å². The molecule has 72 valence electrons. The highest BCUT2D eigenvalue weighted by Crippen LogP contribution is 2.24. The predicted octanol–water partition coefficient (Wildman–Crippen LogP) is 1.23. The van der Waals surface area contributed by atoms with Crippen molar-refractivity contribution in [3.05, 3.63) is 0 Å². The predicted molar refractivity (Wildman–Crippen MR) is 53.3 cm³/mol. The van der Waals surface area contributed by atoms with Gasteiger partial charge in [0, 0.05) is 0 Å². The van der Waals surface area contributed by atoms with Crippen molar-refractivity contribution in [1.82, 2.24) is 10.6 Å². The Balaban J connectivity index is 0.000000336. The molecule has 2 aliphatic heterocycles. The lowest BCUT2D eigenvalue weighted by Gasteiger charge is -2.36. The number of fused-ring (bicyclic) bond motifs is 1. The van der Waals surface area contributed by atoms with Gasteiger partial charge in [0.05, 0.1) is 0 Å². The number of hydrogen-bond donors (Lipinski definition) is 2. The molecular weight excluding hydrogens is 148 g/mol. The van der Waals surface area contributed by atoms with Crippen molar-refractivity contribution in [1.29, 1.82) is 0 Å². The summed E-state index contributed by atoms with van der Waals surface area (Å²) in [6.45, 7) is 9.00. The molecule has 2 rings (SSSR count). The van der Waals surface area contributed by atoms with E-state index in [0.29, 0.717) is 0 Å². The van der Waals surface area contributed by atoms with Crippen LogP contribution in [-0.4, -0.2) is 26.2 Å². The maximum absolute atomic E-state index is 3.44. The van der Waals surface area contributed by atoms with Gasteiger partial charge in [-0.1, -0.05) is 13.8 Å². The Morgan fingerprint density at radius 2 is 1.33 bits per heavy atom. The Bertz CT molecular complexity index is 88.4. The van der Waals surface area contributed by atoms with E-state index in [1.165, 1.54) is 39.0 Å². The molecule has 0 aromatic heterocycles. The van der Waals surface area contributed by atoms with Crippen LogP contribution in [0.1, 0.15) is 26.7 Å². The molecule has 0 aromatic rings. The quantitative estimate of drug-likeness (QED) is 0.571. The average molecular weight is 170 g/mol. The van der Waals surface area contributed by atoms with E-state index in [-0.39, 0.29) is 0 Å². The molecule has 0 spiro atoms. The van der Waals surface area contributed by atoms with E-state index in [9.17, 15) is 0 Å². The van der Waals surface area contributed by atoms with Crippen molar-refractivity contribution in [3.8, 4) is 0 Å². The minimum atomic E-state index is 0.933. The van der Waals surface area contributed by atoms with Crippen molar-refractivity contribution in [3.63, 3.8) is 0 Å². The lowest BCUT2D eigenvalue weighted by Crippen LogP contribution is -2.46. The van der Waals surface area contributed by atoms with E-state index in [1.54, 1.807) is 0 Å². The maximum Gasteiger partial charge on any atom is -0.000570 e. The summed E-state index contributed by atoms with van der Waals surface area (Å²) in [5.41, 5.74) is 0. The SMILES string of the molecule is C1CC2CCNCC2CN1.CC. The van der Waals surface area contributed by atoms with Gasteiger partial charge in [0.15, 0.2) is 0 Å². The third kappa shape index (κ3) is 2.46. The Morgan fingerprint density at radius 1 is 0.833 bits per heavy atom. The van der Waals surface area contributed by atoms with E-state index in [0.717, 1.165) is 11.8 Å². The highest BCUT2D eigenvalue weighted by atomic mass is 14.9. The van der Waals surface area contributed by atoms with E-state index in [1.807, 2.05) is 13.8 Å². The summed E-state index contributed by atoms with van der Waals surface area (Å²) in [5, 5.41) is 6.89. The molecular formula is C10H22N2. The molecule has 0 unspecified atom stereocenters. The van der Waals surface area contributed by atoms with Crippen LogP contribution in [0.2, 0.25) is 0 Å². The highest BCUT2D eigenvalue weighted by Gasteiger charge is 2.26. The van der Waals surface area contributed by atoms with Gasteiger partial charge in [-0.25, -0.2) is 0 Å². The van der Waals surface area contributed by atoms with E-state index < -0.39 is 0 Å². The van der Waals surface area contributed by atoms with Gasteiger partial charge in [-0.3, -0.25) is 0 Å². The fraction of sp³-hybridized carbons (Fsp3) is 1.00. The second-order valence-electron chi connectivity index (χ2n) is 3.51. The Kier molecular flexibility index (Phi) is 4.62. The molecule has 0 saturated carbocycles. The Labute approximate surface area is 76.1 Å². The van der Waals surface area contributed by atoms with Gasteiger partial charge in [0.1, 0.15) is 0 Å². The molecule has 0 amide bonds. The summed E-state index contributed by atoms with van der Waals surface area (Å²) >= 11 is 0. The fourth-order valence-electron chi connectivity index (χ4n) is 2.17. The van der Waals surface area contributed by atoms with Gasteiger partial charge >= 0.3 is 0 Å². The summed E-state index contributed by atoms with van der Waals surface area (Å²) in [6.07, 6.45) is 2.82. The lowest BCUT2D eigenvalue weighted by atomic mass is 9.82. The minimum absolute atomic E-state index is 0.933. The van der Waals surface area contributed by atoms with Gasteiger partial charge in [-0.15, -0.1) is 0 Å². The van der Waals surface area contributed by atoms with E-state index in [4.69, 9.17) is 0 Å². The number of hydrogen-bond acceptors (Lipinski definition) is 2. The Hall–Kier alpha value is -0.0800. The largest absolute Gasteiger partial charge is 0.316 e. The van der Waals surface area contributed by atoms with E-state index in [2.05, 4.69) is 10.6 Å². The molecule has 12 heavy (non-hydrogen) atoms. The first-order chi connectivity index (χ1) is 5.97. The lowest BCUT2D eigenvalue weighted by molar-refractivity contribution is 0.200. The van der Waals surface area contributed by atoms with Gasteiger partial charge < -0.3 is 10.6 Å². The summed E-state index contributed by atoms with van der Waals surface area (Å²) in [6, 6.07) is 0. The monoisotopic (exact) mass is 170 g/mol. The molecule has 2 saturated heterocycles. The van der Waals surface area contributed by atoms with Crippen LogP contribution in [0.4, 0.5) is 0 Å². The molecule has 2 aliphatic rings. The molecule has 2 nitrogen and oxygen atoms in total. The summed E-state index contributed by atoms with van der Waals surface area (Å²) in [7, 11) is 0. The smallest absolute Gasteiger partial charge is 0.000570 e. The summed E-state index contributed by atoms with van der Waals surface area (Å²) in [4.78, 5) is 0. The second kappa shape index (κ2) is 5.55. The van der Waals surface area contributed by atoms with Gasteiger partial charge in [-0.2, -0.15) is 0 Å². The van der Waals surface area contributed by atoms with Gasteiger partial charge in [-0.05, 0) is 50.9 Å². The zero-order valence-electron chi connectivity index (χ0n) is 8.40.